The molecule has 2 N–H and O–H groups in total. The molecule has 1 unspecified atom stereocenters. The van der Waals surface area contributed by atoms with Gasteiger partial charge in [-0.05, 0) is 55.5 Å². The molecule has 2 fully saturated rings. The highest BCUT2D eigenvalue weighted by molar-refractivity contribution is 5.80. The van der Waals surface area contributed by atoms with Crippen LogP contribution in [0.15, 0.2) is 48.5 Å². The monoisotopic (exact) mass is 601 g/mol. The van der Waals surface area contributed by atoms with Crippen molar-refractivity contribution in [2.45, 2.75) is 69.1 Å². The van der Waals surface area contributed by atoms with Crippen LogP contribution in [0.4, 0.5) is 26.3 Å². The molecule has 0 aromatic heterocycles. The van der Waals surface area contributed by atoms with Crippen molar-refractivity contribution in [3.63, 3.8) is 0 Å². The van der Waals surface area contributed by atoms with Crippen LogP contribution >= 0.6 is 0 Å². The highest BCUT2D eigenvalue weighted by Gasteiger charge is 2.53. The van der Waals surface area contributed by atoms with E-state index < -0.39 is 40.7 Å². The number of nitrogens with one attached hydrogen (secondary N) is 1. The maximum Gasteiger partial charge on any atom is 0.416 e. The Morgan fingerprint density at radius 3 is 2.26 bits per heavy atom. The lowest BCUT2D eigenvalue weighted by Crippen LogP contribution is -2.74. The van der Waals surface area contributed by atoms with Gasteiger partial charge in [0, 0.05) is 19.6 Å². The van der Waals surface area contributed by atoms with Crippen LogP contribution in [0, 0.1) is 0 Å². The predicted octanol–water partition coefficient (Wildman–Crippen LogP) is 5.71. The third kappa shape index (κ3) is 7.10. The van der Waals surface area contributed by atoms with Gasteiger partial charge in [-0.3, -0.25) is 14.6 Å². The summed E-state index contributed by atoms with van der Waals surface area (Å²) in [4.78, 5) is 16.9. The van der Waals surface area contributed by atoms with E-state index in [0.29, 0.717) is 44.6 Å². The van der Waals surface area contributed by atoms with Crippen molar-refractivity contribution >= 4 is 5.91 Å². The minimum atomic E-state index is -4.96. The molecule has 0 aliphatic carbocycles. The maximum absolute atomic E-state index is 13.5. The van der Waals surface area contributed by atoms with Crippen LogP contribution < -0.4 is 5.32 Å². The average molecular weight is 602 g/mol. The van der Waals surface area contributed by atoms with Gasteiger partial charge < -0.3 is 15.2 Å². The van der Waals surface area contributed by atoms with Gasteiger partial charge in [0.15, 0.2) is 0 Å². The molecule has 2 heterocycles. The van der Waals surface area contributed by atoms with E-state index in [4.69, 9.17) is 4.74 Å². The van der Waals surface area contributed by atoms with E-state index in [9.17, 15) is 36.2 Å². The van der Waals surface area contributed by atoms with E-state index in [1.165, 1.54) is 6.92 Å². The van der Waals surface area contributed by atoms with Gasteiger partial charge in [0.25, 0.3) is 0 Å². The predicted molar refractivity (Wildman–Crippen MR) is 144 cm³/mol. The van der Waals surface area contributed by atoms with E-state index in [1.54, 1.807) is 0 Å². The highest BCUT2D eigenvalue weighted by atomic mass is 19.4. The second-order valence-electron chi connectivity index (χ2n) is 11.4. The molecule has 1 amide bonds. The third-order valence-electron chi connectivity index (χ3n) is 8.37. The second kappa shape index (κ2) is 12.5. The third-order valence-corrected chi connectivity index (χ3v) is 8.37. The number of rotatable bonds is 11. The van der Waals surface area contributed by atoms with Crippen LogP contribution in [0.25, 0.3) is 0 Å². The van der Waals surface area contributed by atoms with E-state index in [-0.39, 0.29) is 37.4 Å². The summed E-state index contributed by atoms with van der Waals surface area (Å²) in [5, 5.41) is 13.1. The van der Waals surface area contributed by atoms with Crippen molar-refractivity contribution in [2.24, 2.45) is 0 Å². The molecule has 232 valence electrons. The van der Waals surface area contributed by atoms with Gasteiger partial charge in [-0.25, -0.2) is 0 Å². The summed E-state index contributed by atoms with van der Waals surface area (Å²) in [7, 11) is 0. The molecule has 0 spiro atoms. The zero-order valence-electron chi connectivity index (χ0n) is 23.7. The van der Waals surface area contributed by atoms with Crippen molar-refractivity contribution in [1.82, 2.24) is 15.1 Å². The summed E-state index contributed by atoms with van der Waals surface area (Å²) in [5.41, 5.74) is -3.67. The molecule has 2 bridgehead atoms. The molecule has 2 aliphatic rings. The molecule has 42 heavy (non-hydrogen) atoms. The number of fused-ring (bicyclic) bond motifs is 2. The Morgan fingerprint density at radius 1 is 1.05 bits per heavy atom. The molecular formula is C30H37F6N3O3. The minimum absolute atomic E-state index is 0.0459. The SMILES string of the molecule is CCCCN(CO)C[C@]12CC[C@@](CO[C@H](C)c3cc(C(F)(F)F)cc(C(F)(F)F)c3)(c3ccccc3)N(CC(=O)N1)C2. The quantitative estimate of drug-likeness (QED) is 0.255. The Kier molecular flexibility index (Phi) is 9.61. The minimum Gasteiger partial charge on any atom is -0.381 e. The van der Waals surface area contributed by atoms with E-state index in [0.717, 1.165) is 18.4 Å². The van der Waals surface area contributed by atoms with Gasteiger partial charge in [0.05, 0.1) is 48.2 Å². The molecule has 12 heteroatoms. The standard InChI is InChI=1S/C30H37F6N3O3/c1-3-4-12-38(20-40)17-27-10-11-28(23-8-6-5-7-9-23,39(18-27)16-26(41)37-27)19-42-21(2)22-13-24(29(31,32)33)15-25(14-22)30(34,35)36/h5-9,13-15,21,40H,3-4,10-12,16-20H2,1-2H3,(H,37,41)/t21-,27+,28-/m1/s1. The number of benzene rings is 2. The number of amides is 1. The molecule has 4 rings (SSSR count). The largest absolute Gasteiger partial charge is 0.416 e. The van der Waals surface area contributed by atoms with E-state index in [2.05, 4.69) is 12.2 Å². The van der Waals surface area contributed by atoms with Gasteiger partial charge in [-0.15, -0.1) is 0 Å². The van der Waals surface area contributed by atoms with Crippen LogP contribution in [0.2, 0.25) is 0 Å². The molecule has 2 aromatic carbocycles. The van der Waals surface area contributed by atoms with Gasteiger partial charge in [-0.2, -0.15) is 26.3 Å². The Bertz CT molecular complexity index is 1190. The zero-order valence-corrected chi connectivity index (χ0v) is 23.7. The fraction of sp³-hybridized carbons (Fsp3) is 0.567. The van der Waals surface area contributed by atoms with Crippen molar-refractivity contribution in [3.05, 3.63) is 70.8 Å². The highest BCUT2D eigenvalue weighted by Crippen LogP contribution is 2.44. The van der Waals surface area contributed by atoms with Crippen molar-refractivity contribution < 1.29 is 41.0 Å². The number of halogens is 6. The molecule has 6 nitrogen and oxygen atoms in total. The fourth-order valence-electron chi connectivity index (χ4n) is 6.09. The lowest BCUT2D eigenvalue weighted by Gasteiger charge is -2.57. The first-order valence-corrected chi connectivity index (χ1v) is 14.1. The van der Waals surface area contributed by atoms with Crippen LogP contribution in [0.1, 0.15) is 67.9 Å². The summed E-state index contributed by atoms with van der Waals surface area (Å²) < 4.78 is 87.0. The van der Waals surface area contributed by atoms with Gasteiger partial charge in [-0.1, -0.05) is 43.7 Å². The molecule has 4 atom stereocenters. The number of ether oxygens (including phenoxy) is 1. The number of carbonyl (C=O) groups excluding carboxylic acids is 1. The average Bonchev–Trinajstić information content (AvgIpc) is 2.94. The topological polar surface area (TPSA) is 65.0 Å². The summed E-state index contributed by atoms with van der Waals surface area (Å²) in [6.45, 7) is 4.87. The molecule has 2 aliphatic heterocycles. The van der Waals surface area contributed by atoms with Crippen LogP contribution in [0.5, 0.6) is 0 Å². The molecular weight excluding hydrogens is 564 g/mol. The number of alkyl halides is 6. The van der Waals surface area contributed by atoms with Crippen molar-refractivity contribution in [1.29, 1.82) is 0 Å². The number of aliphatic hydroxyl groups is 1. The molecule has 0 saturated carbocycles. The first-order chi connectivity index (χ1) is 19.7. The normalized spacial score (nSPS) is 25.4. The van der Waals surface area contributed by atoms with Crippen molar-refractivity contribution in [3.8, 4) is 0 Å². The molecule has 0 radical (unpaired) electrons. The maximum atomic E-state index is 13.5. The van der Waals surface area contributed by atoms with Gasteiger partial charge in [0.2, 0.25) is 5.91 Å². The first-order valence-electron chi connectivity index (χ1n) is 14.1. The van der Waals surface area contributed by atoms with Crippen molar-refractivity contribution in [2.75, 3.05) is 39.5 Å². The number of aliphatic hydroxyl groups excluding tert-OH is 1. The Morgan fingerprint density at radius 2 is 1.69 bits per heavy atom. The van der Waals surface area contributed by atoms with E-state index >= 15 is 0 Å². The summed E-state index contributed by atoms with van der Waals surface area (Å²) in [5.74, 6) is -0.199. The fourth-order valence-corrected chi connectivity index (χ4v) is 6.09. The number of carbonyl (C=O) groups is 1. The first kappa shape index (κ1) is 32.2. The smallest absolute Gasteiger partial charge is 0.381 e. The van der Waals surface area contributed by atoms with Gasteiger partial charge in [0.1, 0.15) is 0 Å². The lowest BCUT2D eigenvalue weighted by molar-refractivity contribution is -0.146. The summed E-state index contributed by atoms with van der Waals surface area (Å²) >= 11 is 0. The number of piperazine rings is 1. The summed E-state index contributed by atoms with van der Waals surface area (Å²) in [6.07, 6.45) is -8.15. The number of piperidine rings is 1. The van der Waals surface area contributed by atoms with E-state index in [1.807, 2.05) is 40.1 Å². The van der Waals surface area contributed by atoms with Crippen LogP contribution in [0.3, 0.4) is 0 Å². The van der Waals surface area contributed by atoms with Gasteiger partial charge >= 0.3 is 12.4 Å². The molecule has 2 aromatic rings. The second-order valence-corrected chi connectivity index (χ2v) is 11.4. The Labute approximate surface area is 241 Å². The number of nitrogens with zero attached hydrogens (tertiary/aromatic N) is 2. The zero-order chi connectivity index (χ0) is 30.8. The Balaban J connectivity index is 1.64. The number of hydrogen-bond acceptors (Lipinski definition) is 5. The molecule has 2 saturated heterocycles. The van der Waals surface area contributed by atoms with Crippen LogP contribution in [-0.2, 0) is 27.4 Å². The van der Waals surface area contributed by atoms with Crippen LogP contribution in [-0.4, -0.2) is 65.9 Å². The summed E-state index contributed by atoms with van der Waals surface area (Å²) in [6, 6.07) is 10.8. The number of unbranched alkanes of at least 4 members (excludes halogenated alkanes) is 1. The lowest BCUT2D eigenvalue weighted by atomic mass is 9.73. The number of hydrogen-bond donors (Lipinski definition) is 2. The Hall–Kier alpha value is -2.67.